The van der Waals surface area contributed by atoms with Crippen molar-refractivity contribution in [3.63, 3.8) is 0 Å². The van der Waals surface area contributed by atoms with Crippen LogP contribution >= 0.6 is 11.3 Å². The summed E-state index contributed by atoms with van der Waals surface area (Å²) < 4.78 is 2.70. The number of hydrogen-bond donors (Lipinski definition) is 0. The number of hydrogen-bond acceptors (Lipinski definition) is 1. The van der Waals surface area contributed by atoms with Gasteiger partial charge in [0.05, 0.1) is 0 Å². The highest BCUT2D eigenvalue weighted by atomic mass is 32.1. The number of thiophene rings is 1. The lowest BCUT2D eigenvalue weighted by atomic mass is 9.79. The predicted molar refractivity (Wildman–Crippen MR) is 241 cm³/mol. The smallest absolute Gasteiger partial charge is 0.0440 e. The standard InChI is InChI=1S/C54H40S/c1-29-24-31(3)46(32(4)25-29)50-39-16-9-10-17-40(39)51(47-33(5)26-30(2)27-34(47)6)53-43-23-22-37(38-19-13-20-42(48(38)43)52(50)53)44-28-35-14-7-8-15-36(35)49-41-18-11-12-21-45(41)55-54(44)49/h7-28H,1-6H3. The van der Waals surface area contributed by atoms with Crippen LogP contribution < -0.4 is 0 Å². The molecule has 1 heteroatoms. The van der Waals surface area contributed by atoms with E-state index in [1.807, 2.05) is 11.3 Å². The third-order valence-electron chi connectivity index (χ3n) is 12.3. The molecular weight excluding hydrogens is 681 g/mol. The monoisotopic (exact) mass is 720 g/mol. The van der Waals surface area contributed by atoms with Gasteiger partial charge >= 0.3 is 0 Å². The summed E-state index contributed by atoms with van der Waals surface area (Å²) in [5.41, 5.74) is 21.4. The Labute approximate surface area is 326 Å². The van der Waals surface area contributed by atoms with Crippen molar-refractivity contribution in [2.45, 2.75) is 41.5 Å². The van der Waals surface area contributed by atoms with E-state index in [4.69, 9.17) is 0 Å². The molecule has 0 bridgehead atoms. The number of benzene rings is 9. The number of fused-ring (bicyclic) bond motifs is 9. The minimum atomic E-state index is 1.28. The maximum absolute atomic E-state index is 2.46. The molecule has 0 aliphatic heterocycles. The Morgan fingerprint density at radius 2 is 0.818 bits per heavy atom. The summed E-state index contributed by atoms with van der Waals surface area (Å²) in [6.07, 6.45) is 0. The lowest BCUT2D eigenvalue weighted by molar-refractivity contribution is 1.32. The first-order valence-corrected chi connectivity index (χ1v) is 20.2. The highest BCUT2D eigenvalue weighted by Crippen LogP contribution is 2.60. The second-order valence-electron chi connectivity index (χ2n) is 15.9. The van der Waals surface area contributed by atoms with Crippen LogP contribution in [0.3, 0.4) is 0 Å². The maximum Gasteiger partial charge on any atom is 0.0440 e. The van der Waals surface area contributed by atoms with Gasteiger partial charge in [0.2, 0.25) is 0 Å². The second kappa shape index (κ2) is 11.7. The fourth-order valence-corrected chi connectivity index (χ4v) is 11.7. The van der Waals surface area contributed by atoms with Crippen LogP contribution in [0, 0.1) is 41.5 Å². The summed E-state index contributed by atoms with van der Waals surface area (Å²) in [7, 11) is 0. The van der Waals surface area contributed by atoms with Gasteiger partial charge < -0.3 is 0 Å². The van der Waals surface area contributed by atoms with E-state index in [9.17, 15) is 0 Å². The van der Waals surface area contributed by atoms with Gasteiger partial charge in [-0.2, -0.15) is 0 Å². The molecule has 0 N–H and O–H groups in total. The molecule has 1 aromatic heterocycles. The highest BCUT2D eigenvalue weighted by molar-refractivity contribution is 7.26. The topological polar surface area (TPSA) is 0 Å². The fourth-order valence-electron chi connectivity index (χ4n) is 10.5. The van der Waals surface area contributed by atoms with Gasteiger partial charge in [-0.25, -0.2) is 0 Å². The predicted octanol–water partition coefficient (Wildman–Crippen LogP) is 16.0. The molecule has 0 saturated carbocycles. The molecule has 0 fully saturated rings. The lowest BCUT2D eigenvalue weighted by Gasteiger charge is -2.24. The van der Waals surface area contributed by atoms with E-state index >= 15 is 0 Å². The van der Waals surface area contributed by atoms with Crippen molar-refractivity contribution in [2.75, 3.05) is 0 Å². The van der Waals surface area contributed by atoms with Crippen LogP contribution in [0.1, 0.15) is 33.4 Å². The van der Waals surface area contributed by atoms with Crippen molar-refractivity contribution in [2.24, 2.45) is 0 Å². The van der Waals surface area contributed by atoms with Crippen LogP contribution in [-0.4, -0.2) is 0 Å². The number of aryl methyl sites for hydroxylation is 6. The molecule has 55 heavy (non-hydrogen) atoms. The molecule has 262 valence electrons. The fraction of sp³-hybridized carbons (Fsp3) is 0.111. The van der Waals surface area contributed by atoms with Crippen molar-refractivity contribution in [3.8, 4) is 55.6 Å². The Morgan fingerprint density at radius 3 is 1.44 bits per heavy atom. The minimum absolute atomic E-state index is 1.28. The van der Waals surface area contributed by atoms with E-state index in [0.29, 0.717) is 0 Å². The van der Waals surface area contributed by atoms with Crippen LogP contribution in [0.2, 0.25) is 0 Å². The second-order valence-corrected chi connectivity index (χ2v) is 17.0. The lowest BCUT2D eigenvalue weighted by Crippen LogP contribution is -1.99. The Morgan fingerprint density at radius 1 is 0.327 bits per heavy atom. The van der Waals surface area contributed by atoms with E-state index in [-0.39, 0.29) is 0 Å². The van der Waals surface area contributed by atoms with Gasteiger partial charge in [0.15, 0.2) is 0 Å². The normalized spacial score (nSPS) is 12.2. The molecule has 1 aliphatic carbocycles. The zero-order valence-corrected chi connectivity index (χ0v) is 32.9. The van der Waals surface area contributed by atoms with Gasteiger partial charge in [0.1, 0.15) is 0 Å². The van der Waals surface area contributed by atoms with Gasteiger partial charge in [0, 0.05) is 25.7 Å². The van der Waals surface area contributed by atoms with Gasteiger partial charge in [-0.05, 0) is 158 Å². The largest absolute Gasteiger partial charge is 0.135 e. The van der Waals surface area contributed by atoms with Gasteiger partial charge in [-0.1, -0.05) is 132 Å². The third kappa shape index (κ3) is 4.51. The summed E-state index contributed by atoms with van der Waals surface area (Å²) >= 11 is 1.93. The average molecular weight is 721 g/mol. The Bertz CT molecular complexity index is 3160. The Hall–Kier alpha value is -6.02. The summed E-state index contributed by atoms with van der Waals surface area (Å²) in [6.45, 7) is 13.6. The molecule has 1 heterocycles. The first-order chi connectivity index (χ1) is 26.8. The summed E-state index contributed by atoms with van der Waals surface area (Å²) in [5.74, 6) is 0. The molecule has 0 spiro atoms. The minimum Gasteiger partial charge on any atom is -0.135 e. The molecule has 9 aromatic carbocycles. The first kappa shape index (κ1) is 32.4. The van der Waals surface area contributed by atoms with Crippen molar-refractivity contribution in [1.29, 1.82) is 0 Å². The van der Waals surface area contributed by atoms with Crippen molar-refractivity contribution in [1.82, 2.24) is 0 Å². The van der Waals surface area contributed by atoms with Gasteiger partial charge in [-0.3, -0.25) is 0 Å². The summed E-state index contributed by atoms with van der Waals surface area (Å²) in [6, 6.07) is 50.9. The summed E-state index contributed by atoms with van der Waals surface area (Å²) in [4.78, 5) is 0. The SMILES string of the molecule is Cc1cc(C)c(-c2c3c(c(-c4c(C)cc(C)cc4C)c4ccccc24)-c2ccc(-c4cc5ccccc5c5c4sc4ccccc45)c4cccc-3c24)c(C)c1. The molecule has 1 aliphatic rings. The quantitative estimate of drug-likeness (QED) is 0.170. The van der Waals surface area contributed by atoms with E-state index < -0.39 is 0 Å². The van der Waals surface area contributed by atoms with E-state index in [0.717, 1.165) is 0 Å². The zero-order valence-electron chi connectivity index (χ0n) is 32.1. The van der Waals surface area contributed by atoms with Gasteiger partial charge in [0.25, 0.3) is 0 Å². The molecule has 10 aromatic rings. The average Bonchev–Trinajstić information content (AvgIpc) is 3.72. The molecular formula is C54H40S. The molecule has 0 saturated heterocycles. The highest BCUT2D eigenvalue weighted by Gasteiger charge is 2.33. The molecule has 0 atom stereocenters. The van der Waals surface area contributed by atoms with Crippen molar-refractivity contribution in [3.05, 3.63) is 167 Å². The van der Waals surface area contributed by atoms with Gasteiger partial charge in [-0.15, -0.1) is 11.3 Å². The maximum atomic E-state index is 2.46. The summed E-state index contributed by atoms with van der Waals surface area (Å²) in [5, 5.41) is 10.6. The van der Waals surface area contributed by atoms with Crippen LogP contribution in [-0.2, 0) is 0 Å². The molecule has 0 nitrogen and oxygen atoms in total. The van der Waals surface area contributed by atoms with Crippen LogP contribution in [0.5, 0.6) is 0 Å². The van der Waals surface area contributed by atoms with E-state index in [1.165, 1.54) is 142 Å². The molecule has 0 amide bonds. The van der Waals surface area contributed by atoms with Crippen molar-refractivity contribution < 1.29 is 0 Å². The zero-order chi connectivity index (χ0) is 37.3. The molecule has 0 radical (unpaired) electrons. The Balaban J connectivity index is 1.32. The molecule has 0 unspecified atom stereocenters. The van der Waals surface area contributed by atoms with E-state index in [1.54, 1.807) is 0 Å². The molecule has 11 rings (SSSR count). The van der Waals surface area contributed by atoms with E-state index in [2.05, 4.69) is 175 Å². The first-order valence-electron chi connectivity index (χ1n) is 19.4. The number of rotatable bonds is 3. The van der Waals surface area contributed by atoms with Crippen LogP contribution in [0.25, 0.3) is 108 Å². The third-order valence-corrected chi connectivity index (χ3v) is 13.5. The van der Waals surface area contributed by atoms with Crippen molar-refractivity contribution >= 4 is 63.8 Å². The van der Waals surface area contributed by atoms with Crippen LogP contribution in [0.15, 0.2) is 133 Å². The van der Waals surface area contributed by atoms with Crippen LogP contribution in [0.4, 0.5) is 0 Å². The Kier molecular flexibility index (Phi) is 6.92.